The minimum Gasteiger partial charge on any atom is -0.464 e. The lowest BCUT2D eigenvalue weighted by Gasteiger charge is -2.17. The first-order valence-corrected chi connectivity index (χ1v) is 6.03. The summed E-state index contributed by atoms with van der Waals surface area (Å²) in [5, 5.41) is 9.72. The lowest BCUT2D eigenvalue weighted by molar-refractivity contribution is -0.155. The van der Waals surface area contributed by atoms with Crippen LogP contribution in [0.3, 0.4) is 0 Å². The molecule has 17 heavy (non-hydrogen) atoms. The van der Waals surface area contributed by atoms with E-state index in [2.05, 4.69) is 0 Å². The Morgan fingerprint density at radius 2 is 2.00 bits per heavy atom. The van der Waals surface area contributed by atoms with Crippen LogP contribution in [-0.4, -0.2) is 23.8 Å². The van der Waals surface area contributed by atoms with Crippen molar-refractivity contribution in [3.05, 3.63) is 35.9 Å². The van der Waals surface area contributed by atoms with Crippen LogP contribution in [0.5, 0.6) is 0 Å². The zero-order valence-corrected chi connectivity index (χ0v) is 10.4. The molecule has 3 nitrogen and oxygen atoms in total. The van der Waals surface area contributed by atoms with E-state index in [1.807, 2.05) is 37.3 Å². The molecule has 0 saturated carbocycles. The predicted molar refractivity (Wildman–Crippen MR) is 66.6 cm³/mol. The molecule has 0 heterocycles. The van der Waals surface area contributed by atoms with Crippen molar-refractivity contribution in [1.82, 2.24) is 0 Å². The number of hydrogen-bond donors (Lipinski definition) is 1. The Kier molecular flexibility index (Phi) is 5.70. The highest BCUT2D eigenvalue weighted by atomic mass is 16.5. The van der Waals surface area contributed by atoms with Gasteiger partial charge in [0.25, 0.3) is 0 Å². The molecule has 0 bridgehead atoms. The number of esters is 1. The van der Waals surface area contributed by atoms with Crippen LogP contribution in [0.25, 0.3) is 0 Å². The number of carbonyl (C=O) groups is 1. The Morgan fingerprint density at radius 1 is 1.35 bits per heavy atom. The van der Waals surface area contributed by atoms with Crippen molar-refractivity contribution >= 4 is 5.97 Å². The molecular formula is C14H20O3. The van der Waals surface area contributed by atoms with E-state index >= 15 is 0 Å². The minimum atomic E-state index is -1.02. The average Bonchev–Trinajstić information content (AvgIpc) is 2.36. The van der Waals surface area contributed by atoms with Crippen LogP contribution in [0, 0.1) is 5.92 Å². The first kappa shape index (κ1) is 13.7. The lowest BCUT2D eigenvalue weighted by atomic mass is 9.96. The Hall–Kier alpha value is -1.35. The van der Waals surface area contributed by atoms with Gasteiger partial charge in [0.15, 0.2) is 6.10 Å². The maximum absolute atomic E-state index is 11.3. The van der Waals surface area contributed by atoms with Crippen LogP contribution in [-0.2, 0) is 16.0 Å². The standard InChI is InChI=1S/C14H20O3/c1-3-17-14(16)13(15)11(2)9-10-12-7-5-4-6-8-12/h4-8,11,13,15H,3,9-10H2,1-2H3. The Morgan fingerprint density at radius 3 is 2.59 bits per heavy atom. The van der Waals surface area contributed by atoms with Crippen LogP contribution in [0.2, 0.25) is 0 Å². The summed E-state index contributed by atoms with van der Waals surface area (Å²) in [4.78, 5) is 11.3. The summed E-state index contributed by atoms with van der Waals surface area (Å²) in [5.41, 5.74) is 1.22. The fraction of sp³-hybridized carbons (Fsp3) is 0.500. The van der Waals surface area contributed by atoms with E-state index in [1.54, 1.807) is 6.92 Å². The first-order valence-electron chi connectivity index (χ1n) is 6.03. The maximum Gasteiger partial charge on any atom is 0.335 e. The quantitative estimate of drug-likeness (QED) is 0.770. The number of aliphatic hydroxyl groups excluding tert-OH is 1. The molecule has 0 radical (unpaired) electrons. The van der Waals surface area contributed by atoms with Gasteiger partial charge in [-0.05, 0) is 31.2 Å². The highest BCUT2D eigenvalue weighted by Gasteiger charge is 2.23. The summed E-state index contributed by atoms with van der Waals surface area (Å²) in [6.07, 6.45) is 0.612. The highest BCUT2D eigenvalue weighted by Crippen LogP contribution is 2.14. The van der Waals surface area contributed by atoms with E-state index in [9.17, 15) is 9.90 Å². The summed E-state index contributed by atoms with van der Waals surface area (Å²) in [7, 11) is 0. The largest absolute Gasteiger partial charge is 0.464 e. The van der Waals surface area contributed by atoms with Crippen molar-refractivity contribution in [1.29, 1.82) is 0 Å². The molecule has 2 unspecified atom stereocenters. The molecule has 2 atom stereocenters. The predicted octanol–water partition coefficient (Wildman–Crippen LogP) is 2.18. The Balaban J connectivity index is 2.39. The molecule has 0 saturated heterocycles. The van der Waals surface area contributed by atoms with Crippen LogP contribution in [0.4, 0.5) is 0 Å². The van der Waals surface area contributed by atoms with Crippen molar-refractivity contribution in [2.75, 3.05) is 6.61 Å². The van der Waals surface area contributed by atoms with Crippen molar-refractivity contribution in [2.45, 2.75) is 32.8 Å². The molecule has 1 rings (SSSR count). The molecule has 0 aliphatic heterocycles. The van der Waals surface area contributed by atoms with E-state index < -0.39 is 12.1 Å². The summed E-state index contributed by atoms with van der Waals surface area (Å²) in [5.74, 6) is -0.609. The first-order chi connectivity index (χ1) is 8.15. The average molecular weight is 236 g/mol. The Labute approximate surface area is 102 Å². The van der Waals surface area contributed by atoms with Gasteiger partial charge in [-0.15, -0.1) is 0 Å². The fourth-order valence-corrected chi connectivity index (χ4v) is 1.66. The van der Waals surface area contributed by atoms with Gasteiger partial charge in [-0.3, -0.25) is 0 Å². The number of aryl methyl sites for hydroxylation is 1. The third-order valence-electron chi connectivity index (χ3n) is 2.80. The van der Waals surface area contributed by atoms with Crippen molar-refractivity contribution < 1.29 is 14.6 Å². The van der Waals surface area contributed by atoms with Crippen LogP contribution in [0.15, 0.2) is 30.3 Å². The number of benzene rings is 1. The molecule has 3 heteroatoms. The molecule has 0 aliphatic carbocycles. The molecule has 1 N–H and O–H groups in total. The molecule has 0 amide bonds. The number of aliphatic hydroxyl groups is 1. The van der Waals surface area contributed by atoms with Crippen molar-refractivity contribution in [3.8, 4) is 0 Å². The number of rotatable bonds is 6. The Bertz CT molecular complexity index is 335. The highest BCUT2D eigenvalue weighted by molar-refractivity contribution is 5.74. The minimum absolute atomic E-state index is 0.0887. The van der Waals surface area contributed by atoms with Crippen molar-refractivity contribution in [2.24, 2.45) is 5.92 Å². The summed E-state index contributed by atoms with van der Waals surface area (Å²) >= 11 is 0. The zero-order valence-electron chi connectivity index (χ0n) is 10.4. The van der Waals surface area contributed by atoms with Gasteiger partial charge in [0.05, 0.1) is 6.61 Å². The second-order valence-electron chi connectivity index (χ2n) is 4.20. The topological polar surface area (TPSA) is 46.5 Å². The third-order valence-corrected chi connectivity index (χ3v) is 2.80. The third kappa shape index (κ3) is 4.57. The second kappa shape index (κ2) is 7.07. The zero-order chi connectivity index (χ0) is 12.7. The molecule has 0 aliphatic rings. The molecule has 1 aromatic carbocycles. The van der Waals surface area contributed by atoms with Gasteiger partial charge in [-0.1, -0.05) is 37.3 Å². The van der Waals surface area contributed by atoms with E-state index in [0.29, 0.717) is 6.61 Å². The van der Waals surface area contributed by atoms with E-state index in [4.69, 9.17) is 4.74 Å². The van der Waals surface area contributed by atoms with Gasteiger partial charge in [-0.2, -0.15) is 0 Å². The van der Waals surface area contributed by atoms with Crippen LogP contribution < -0.4 is 0 Å². The van der Waals surface area contributed by atoms with Crippen LogP contribution in [0.1, 0.15) is 25.8 Å². The van der Waals surface area contributed by atoms with Crippen LogP contribution >= 0.6 is 0 Å². The molecule has 0 spiro atoms. The van der Waals surface area contributed by atoms with Gasteiger partial charge in [0.1, 0.15) is 0 Å². The van der Waals surface area contributed by atoms with Gasteiger partial charge < -0.3 is 9.84 Å². The normalized spacial score (nSPS) is 14.1. The fourth-order valence-electron chi connectivity index (χ4n) is 1.66. The maximum atomic E-state index is 11.3. The molecule has 94 valence electrons. The van der Waals surface area contributed by atoms with Crippen molar-refractivity contribution in [3.63, 3.8) is 0 Å². The van der Waals surface area contributed by atoms with Gasteiger partial charge in [-0.25, -0.2) is 4.79 Å². The molecular weight excluding hydrogens is 216 g/mol. The summed E-state index contributed by atoms with van der Waals surface area (Å²) < 4.78 is 4.79. The lowest BCUT2D eigenvalue weighted by Crippen LogP contribution is -2.30. The number of carbonyl (C=O) groups excluding carboxylic acids is 1. The SMILES string of the molecule is CCOC(=O)C(O)C(C)CCc1ccccc1. The van der Waals surface area contributed by atoms with E-state index in [0.717, 1.165) is 12.8 Å². The van der Waals surface area contributed by atoms with E-state index in [-0.39, 0.29) is 5.92 Å². The van der Waals surface area contributed by atoms with Gasteiger partial charge >= 0.3 is 5.97 Å². The molecule has 0 fully saturated rings. The summed E-state index contributed by atoms with van der Waals surface area (Å²) in [6.45, 7) is 3.91. The monoisotopic (exact) mass is 236 g/mol. The number of ether oxygens (including phenoxy) is 1. The number of hydrogen-bond acceptors (Lipinski definition) is 3. The molecule has 0 aromatic heterocycles. The van der Waals surface area contributed by atoms with E-state index in [1.165, 1.54) is 5.56 Å². The van der Waals surface area contributed by atoms with Gasteiger partial charge in [0.2, 0.25) is 0 Å². The second-order valence-corrected chi connectivity index (χ2v) is 4.20. The smallest absolute Gasteiger partial charge is 0.335 e. The molecule has 1 aromatic rings. The van der Waals surface area contributed by atoms with Gasteiger partial charge in [0, 0.05) is 0 Å². The summed E-state index contributed by atoms with van der Waals surface area (Å²) in [6, 6.07) is 10.0.